The highest BCUT2D eigenvalue weighted by Gasteiger charge is 2.26. The number of unbranched alkanes of at least 4 members (excludes halogenated alkanes) is 33. The fraction of sp³-hybridized carbons (Fsp3) is 0.855. The van der Waals surface area contributed by atoms with Crippen molar-refractivity contribution in [3.63, 3.8) is 0 Å². The monoisotopic (exact) mass is 938 g/mol. The van der Waals surface area contributed by atoms with Gasteiger partial charge in [-0.25, -0.2) is 4.57 Å². The van der Waals surface area contributed by atoms with E-state index < -0.39 is 26.5 Å². The van der Waals surface area contributed by atoms with E-state index >= 15 is 0 Å². The molecule has 0 aromatic rings. The lowest BCUT2D eigenvalue weighted by atomic mass is 10.0. The minimum atomic E-state index is -4.39. The molecule has 0 fully saturated rings. The fourth-order valence-electron chi connectivity index (χ4n) is 7.90. The van der Waals surface area contributed by atoms with E-state index in [-0.39, 0.29) is 38.6 Å². The number of esters is 2. The van der Waals surface area contributed by atoms with E-state index in [1.807, 2.05) is 0 Å². The molecule has 382 valence electrons. The summed E-state index contributed by atoms with van der Waals surface area (Å²) in [5.74, 6) is -0.823. The van der Waals surface area contributed by atoms with E-state index in [1.54, 1.807) is 0 Å². The molecule has 65 heavy (non-hydrogen) atoms. The summed E-state index contributed by atoms with van der Waals surface area (Å²) in [5.41, 5.74) is 5.37. The molecule has 0 aliphatic rings. The fourth-order valence-corrected chi connectivity index (χ4v) is 8.66. The number of ether oxygens (including phenoxy) is 2. The van der Waals surface area contributed by atoms with Crippen molar-refractivity contribution in [3.05, 3.63) is 36.5 Å². The average molecular weight is 938 g/mol. The first kappa shape index (κ1) is 63.2. The van der Waals surface area contributed by atoms with Gasteiger partial charge in [0.05, 0.1) is 13.2 Å². The summed E-state index contributed by atoms with van der Waals surface area (Å²) in [6.45, 7) is 3.76. The summed E-state index contributed by atoms with van der Waals surface area (Å²) in [6, 6.07) is 0. The van der Waals surface area contributed by atoms with Gasteiger partial charge in [-0.3, -0.25) is 18.6 Å². The highest BCUT2D eigenvalue weighted by atomic mass is 31.2. The van der Waals surface area contributed by atoms with Crippen LogP contribution in [0.25, 0.3) is 0 Å². The molecule has 0 saturated carbocycles. The molecule has 0 rings (SSSR count). The van der Waals surface area contributed by atoms with E-state index in [1.165, 1.54) is 186 Å². The van der Waals surface area contributed by atoms with Gasteiger partial charge in [0.15, 0.2) is 6.10 Å². The van der Waals surface area contributed by atoms with Gasteiger partial charge in [0, 0.05) is 19.4 Å². The highest BCUT2D eigenvalue weighted by Crippen LogP contribution is 2.43. The van der Waals surface area contributed by atoms with E-state index in [0.29, 0.717) is 6.42 Å². The Labute approximate surface area is 401 Å². The van der Waals surface area contributed by atoms with Crippen LogP contribution in [0.15, 0.2) is 36.5 Å². The second-order valence-electron chi connectivity index (χ2n) is 18.4. The summed E-state index contributed by atoms with van der Waals surface area (Å²) in [4.78, 5) is 35.1. The maximum Gasteiger partial charge on any atom is 0.472 e. The van der Waals surface area contributed by atoms with Crippen molar-refractivity contribution in [2.45, 2.75) is 277 Å². The van der Waals surface area contributed by atoms with Crippen molar-refractivity contribution in [1.82, 2.24) is 0 Å². The Hall–Kier alpha value is -1.77. The molecule has 9 nitrogen and oxygen atoms in total. The van der Waals surface area contributed by atoms with Crippen LogP contribution in [0.3, 0.4) is 0 Å². The van der Waals surface area contributed by atoms with E-state index in [0.717, 1.165) is 51.4 Å². The Balaban J connectivity index is 4.00. The number of rotatable bonds is 52. The quantitative estimate of drug-likeness (QED) is 0.0264. The van der Waals surface area contributed by atoms with Crippen LogP contribution < -0.4 is 5.73 Å². The zero-order valence-electron chi connectivity index (χ0n) is 42.5. The van der Waals surface area contributed by atoms with Crippen LogP contribution in [0.4, 0.5) is 0 Å². The van der Waals surface area contributed by atoms with Crippen molar-refractivity contribution in [3.8, 4) is 0 Å². The normalized spacial score (nSPS) is 13.4. The standard InChI is InChI=1S/C55H104NO8P/c1-3-5-7-9-11-13-15-17-19-21-23-25-26-28-29-31-33-35-37-39-41-43-45-47-54(57)61-51-53(52-63-65(59,60)62-50-49-56)64-55(58)48-46-44-42-40-38-36-34-32-30-27-24-22-20-18-16-14-12-10-8-6-4-2/h16,18,21-24,53H,3-15,17,19-20,25-52,56H2,1-2H3,(H,59,60)/b18-16-,23-21-,24-22-. The molecule has 0 radical (unpaired) electrons. The summed E-state index contributed by atoms with van der Waals surface area (Å²) in [7, 11) is -4.39. The molecule has 0 saturated heterocycles. The van der Waals surface area contributed by atoms with Crippen molar-refractivity contribution >= 4 is 19.8 Å². The van der Waals surface area contributed by atoms with Gasteiger partial charge < -0.3 is 20.1 Å². The maximum atomic E-state index is 12.7. The number of carbonyl (C=O) groups excluding carboxylic acids is 2. The van der Waals surface area contributed by atoms with Gasteiger partial charge in [-0.1, -0.05) is 224 Å². The zero-order chi connectivity index (χ0) is 47.4. The van der Waals surface area contributed by atoms with Crippen molar-refractivity contribution < 1.29 is 37.6 Å². The first-order valence-corrected chi connectivity index (χ1v) is 29.0. The third-order valence-electron chi connectivity index (χ3n) is 12.0. The van der Waals surface area contributed by atoms with Crippen LogP contribution >= 0.6 is 7.82 Å². The molecular weight excluding hydrogens is 834 g/mol. The Morgan fingerprint density at radius 3 is 1.18 bits per heavy atom. The predicted molar refractivity (Wildman–Crippen MR) is 275 cm³/mol. The Morgan fingerprint density at radius 2 is 0.800 bits per heavy atom. The molecular formula is C55H104NO8P. The molecule has 0 bridgehead atoms. The first-order valence-electron chi connectivity index (χ1n) is 27.5. The lowest BCUT2D eigenvalue weighted by molar-refractivity contribution is -0.161. The minimum absolute atomic E-state index is 0.0531. The lowest BCUT2D eigenvalue weighted by Gasteiger charge is -2.19. The summed E-state index contributed by atoms with van der Waals surface area (Å²) in [6.07, 6.45) is 60.4. The van der Waals surface area contributed by atoms with Gasteiger partial charge in [0.25, 0.3) is 0 Å². The first-order chi connectivity index (χ1) is 31.8. The molecule has 10 heteroatoms. The van der Waals surface area contributed by atoms with Crippen LogP contribution in [0, 0.1) is 0 Å². The SMILES string of the molecule is CCCCCCC/C=C\C/C=C\CCCCCCCCCCCC(=O)OC(COC(=O)CCCCCCCCCCCCC/C=C\CCCCCCCCCC)COP(=O)(O)OCCN. The smallest absolute Gasteiger partial charge is 0.462 e. The summed E-state index contributed by atoms with van der Waals surface area (Å²) >= 11 is 0. The predicted octanol–water partition coefficient (Wildman–Crippen LogP) is 16.8. The van der Waals surface area contributed by atoms with E-state index in [4.69, 9.17) is 24.3 Å². The molecule has 2 unspecified atom stereocenters. The number of nitrogens with two attached hydrogens (primary N) is 1. The number of carbonyl (C=O) groups is 2. The second kappa shape index (κ2) is 51.6. The lowest BCUT2D eigenvalue weighted by Crippen LogP contribution is -2.29. The zero-order valence-corrected chi connectivity index (χ0v) is 43.4. The molecule has 3 N–H and O–H groups in total. The molecule has 2 atom stereocenters. The van der Waals surface area contributed by atoms with Crippen molar-refractivity contribution in [2.75, 3.05) is 26.4 Å². The highest BCUT2D eigenvalue weighted by molar-refractivity contribution is 7.47. The van der Waals surface area contributed by atoms with Crippen molar-refractivity contribution in [2.24, 2.45) is 5.73 Å². The van der Waals surface area contributed by atoms with Crippen LogP contribution in [-0.4, -0.2) is 49.3 Å². The summed E-state index contributed by atoms with van der Waals surface area (Å²) < 4.78 is 33.0. The van der Waals surface area contributed by atoms with Crippen LogP contribution in [0.1, 0.15) is 271 Å². The molecule has 0 aliphatic carbocycles. The van der Waals surface area contributed by atoms with E-state index in [9.17, 15) is 19.0 Å². The summed E-state index contributed by atoms with van der Waals surface area (Å²) in [5, 5.41) is 0. The largest absolute Gasteiger partial charge is 0.472 e. The van der Waals surface area contributed by atoms with Gasteiger partial charge in [-0.15, -0.1) is 0 Å². The molecule has 0 amide bonds. The Kier molecular flexibility index (Phi) is 50.2. The average Bonchev–Trinajstić information content (AvgIpc) is 3.30. The van der Waals surface area contributed by atoms with Gasteiger partial charge in [-0.2, -0.15) is 0 Å². The van der Waals surface area contributed by atoms with Crippen LogP contribution in [-0.2, 0) is 32.7 Å². The second-order valence-corrected chi connectivity index (χ2v) is 19.9. The van der Waals surface area contributed by atoms with Gasteiger partial charge in [0.1, 0.15) is 6.61 Å². The minimum Gasteiger partial charge on any atom is -0.462 e. The maximum absolute atomic E-state index is 12.7. The molecule has 0 aromatic carbocycles. The third kappa shape index (κ3) is 51.5. The number of hydrogen-bond acceptors (Lipinski definition) is 8. The van der Waals surface area contributed by atoms with Gasteiger partial charge in [0.2, 0.25) is 0 Å². The topological polar surface area (TPSA) is 134 Å². The number of allylic oxidation sites excluding steroid dienone is 6. The molecule has 0 spiro atoms. The number of hydrogen-bond donors (Lipinski definition) is 2. The van der Waals surface area contributed by atoms with Crippen LogP contribution in [0.2, 0.25) is 0 Å². The Morgan fingerprint density at radius 1 is 0.462 bits per heavy atom. The Bertz CT molecular complexity index is 1160. The van der Waals surface area contributed by atoms with Crippen LogP contribution in [0.5, 0.6) is 0 Å². The number of phosphoric ester groups is 1. The van der Waals surface area contributed by atoms with E-state index in [2.05, 4.69) is 50.3 Å². The van der Waals surface area contributed by atoms with Crippen molar-refractivity contribution in [1.29, 1.82) is 0 Å². The number of phosphoric acid groups is 1. The molecule has 0 aliphatic heterocycles. The van der Waals surface area contributed by atoms with Gasteiger partial charge >= 0.3 is 19.8 Å². The third-order valence-corrected chi connectivity index (χ3v) is 13.0. The van der Waals surface area contributed by atoms with Gasteiger partial charge in [-0.05, 0) is 70.6 Å². The molecule has 0 heterocycles. The molecule has 0 aromatic heterocycles.